The lowest BCUT2D eigenvalue weighted by atomic mass is 10.2. The number of aromatic nitrogens is 1. The normalized spacial score (nSPS) is 10.9. The molecule has 1 heterocycles. The van der Waals surface area contributed by atoms with Crippen molar-refractivity contribution in [2.45, 2.75) is 26.9 Å². The molecule has 0 fully saturated rings. The van der Waals surface area contributed by atoms with Crippen molar-refractivity contribution in [2.24, 2.45) is 5.10 Å². The van der Waals surface area contributed by atoms with Crippen LogP contribution in [-0.4, -0.2) is 30.4 Å². The minimum Gasteiger partial charge on any atom is -0.490 e. The summed E-state index contributed by atoms with van der Waals surface area (Å²) in [6.07, 6.45) is 1.78. The quantitative estimate of drug-likeness (QED) is 0.195. The highest BCUT2D eigenvalue weighted by Crippen LogP contribution is 2.31. The highest BCUT2D eigenvalue weighted by molar-refractivity contribution is 7.13. The molecule has 0 aliphatic carbocycles. The van der Waals surface area contributed by atoms with E-state index < -0.39 is 0 Å². The van der Waals surface area contributed by atoms with E-state index in [4.69, 9.17) is 37.4 Å². The molecule has 0 radical (unpaired) electrons. The fraction of sp³-hybridized carbons (Fsp3) is 0.261. The van der Waals surface area contributed by atoms with Gasteiger partial charge in [0.2, 0.25) is 5.13 Å². The number of carbonyl (C=O) groups excluding carboxylic acids is 1. The SMILES string of the molecule is CCOC(=O)Cc1csc(NN=Cc2ccc(OCc3c(Cl)cccc3Cl)c(OCC)c2)n1. The Labute approximate surface area is 206 Å². The number of nitrogens with one attached hydrogen (secondary N) is 1. The van der Waals surface area contributed by atoms with E-state index in [2.05, 4.69) is 15.5 Å². The minimum atomic E-state index is -0.305. The summed E-state index contributed by atoms with van der Waals surface area (Å²) >= 11 is 13.8. The van der Waals surface area contributed by atoms with Crippen LogP contribution in [0.5, 0.6) is 11.5 Å². The number of hydrazone groups is 1. The number of esters is 1. The monoisotopic (exact) mass is 507 g/mol. The Kier molecular flexibility index (Phi) is 9.35. The van der Waals surface area contributed by atoms with Crippen molar-refractivity contribution in [3.8, 4) is 11.5 Å². The molecule has 7 nitrogen and oxygen atoms in total. The van der Waals surface area contributed by atoms with Crippen molar-refractivity contribution in [3.05, 3.63) is 68.6 Å². The zero-order valence-corrected chi connectivity index (χ0v) is 20.5. The molecular weight excluding hydrogens is 485 g/mol. The maximum Gasteiger partial charge on any atom is 0.311 e. The van der Waals surface area contributed by atoms with Gasteiger partial charge in [-0.3, -0.25) is 10.2 Å². The first-order chi connectivity index (χ1) is 16.0. The van der Waals surface area contributed by atoms with Gasteiger partial charge in [-0.15, -0.1) is 11.3 Å². The van der Waals surface area contributed by atoms with Crippen molar-refractivity contribution in [2.75, 3.05) is 18.6 Å². The summed E-state index contributed by atoms with van der Waals surface area (Å²) in [7, 11) is 0. The summed E-state index contributed by atoms with van der Waals surface area (Å²) in [5.74, 6) is 0.845. The van der Waals surface area contributed by atoms with E-state index in [1.54, 1.807) is 42.8 Å². The van der Waals surface area contributed by atoms with Gasteiger partial charge in [-0.2, -0.15) is 5.10 Å². The van der Waals surface area contributed by atoms with E-state index in [9.17, 15) is 4.79 Å². The average Bonchev–Trinajstić information content (AvgIpc) is 3.22. The van der Waals surface area contributed by atoms with Crippen LogP contribution in [0.2, 0.25) is 10.0 Å². The molecule has 0 spiro atoms. The average molecular weight is 508 g/mol. The smallest absolute Gasteiger partial charge is 0.311 e. The Morgan fingerprint density at radius 1 is 1.12 bits per heavy atom. The number of nitrogens with zero attached hydrogens (tertiary/aromatic N) is 2. The van der Waals surface area contributed by atoms with Gasteiger partial charge in [0, 0.05) is 21.0 Å². The maximum absolute atomic E-state index is 11.6. The summed E-state index contributed by atoms with van der Waals surface area (Å²) in [5.41, 5.74) is 5.02. The Balaban J connectivity index is 1.63. The summed E-state index contributed by atoms with van der Waals surface area (Å²) in [6.45, 7) is 4.70. The van der Waals surface area contributed by atoms with E-state index in [-0.39, 0.29) is 19.0 Å². The van der Waals surface area contributed by atoms with Crippen molar-refractivity contribution >= 4 is 51.9 Å². The molecule has 0 saturated carbocycles. The molecule has 0 saturated heterocycles. The number of benzene rings is 2. The molecule has 1 N–H and O–H groups in total. The lowest BCUT2D eigenvalue weighted by Gasteiger charge is -2.14. The maximum atomic E-state index is 11.6. The summed E-state index contributed by atoms with van der Waals surface area (Å²) in [6, 6.07) is 10.8. The Morgan fingerprint density at radius 2 is 1.91 bits per heavy atom. The lowest BCUT2D eigenvalue weighted by Crippen LogP contribution is -2.07. The van der Waals surface area contributed by atoms with Crippen LogP contribution in [0.1, 0.15) is 30.7 Å². The second kappa shape index (κ2) is 12.4. The topological polar surface area (TPSA) is 82.0 Å². The van der Waals surface area contributed by atoms with Crippen molar-refractivity contribution in [3.63, 3.8) is 0 Å². The first-order valence-corrected chi connectivity index (χ1v) is 11.8. The van der Waals surface area contributed by atoms with Gasteiger partial charge in [0.25, 0.3) is 0 Å². The molecule has 1 aromatic heterocycles. The third-order valence-electron chi connectivity index (χ3n) is 4.26. The Hall–Kier alpha value is -2.81. The van der Waals surface area contributed by atoms with E-state index in [1.165, 1.54) is 11.3 Å². The summed E-state index contributed by atoms with van der Waals surface area (Å²) in [5, 5.41) is 7.67. The molecule has 0 aliphatic rings. The second-order valence-electron chi connectivity index (χ2n) is 6.62. The van der Waals surface area contributed by atoms with Gasteiger partial charge in [0.15, 0.2) is 11.5 Å². The van der Waals surface area contributed by atoms with Gasteiger partial charge >= 0.3 is 5.97 Å². The minimum absolute atomic E-state index is 0.133. The number of rotatable bonds is 11. The Morgan fingerprint density at radius 3 is 2.64 bits per heavy atom. The number of ether oxygens (including phenoxy) is 3. The molecule has 2 aromatic carbocycles. The molecule has 0 bridgehead atoms. The van der Waals surface area contributed by atoms with Gasteiger partial charge in [-0.1, -0.05) is 29.3 Å². The molecular formula is C23H23Cl2N3O4S. The van der Waals surface area contributed by atoms with Crippen molar-refractivity contribution in [1.82, 2.24) is 4.98 Å². The third-order valence-corrected chi connectivity index (χ3v) is 5.76. The van der Waals surface area contributed by atoms with Crippen LogP contribution in [0.3, 0.4) is 0 Å². The Bertz CT molecular complexity index is 1100. The number of carbonyl (C=O) groups is 1. The fourth-order valence-electron chi connectivity index (χ4n) is 2.77. The molecule has 0 aliphatic heterocycles. The largest absolute Gasteiger partial charge is 0.490 e. The van der Waals surface area contributed by atoms with Gasteiger partial charge in [-0.05, 0) is 49.7 Å². The first kappa shape index (κ1) is 24.8. The number of thiazole rings is 1. The highest BCUT2D eigenvalue weighted by Gasteiger charge is 2.11. The van der Waals surface area contributed by atoms with Gasteiger partial charge in [0.05, 0.1) is 31.5 Å². The third kappa shape index (κ3) is 7.35. The fourth-order valence-corrected chi connectivity index (χ4v) is 3.94. The van der Waals surface area contributed by atoms with Gasteiger partial charge in [-0.25, -0.2) is 4.98 Å². The van der Waals surface area contributed by atoms with Gasteiger partial charge in [0.1, 0.15) is 6.61 Å². The first-order valence-electron chi connectivity index (χ1n) is 10.2. The van der Waals surface area contributed by atoms with Crippen LogP contribution in [0.15, 0.2) is 46.9 Å². The predicted molar refractivity (Wildman–Crippen MR) is 132 cm³/mol. The second-order valence-corrected chi connectivity index (χ2v) is 8.30. The van der Waals surface area contributed by atoms with E-state index in [1.807, 2.05) is 19.1 Å². The van der Waals surface area contributed by atoms with E-state index in [0.717, 1.165) is 5.56 Å². The van der Waals surface area contributed by atoms with Crippen LogP contribution in [0.4, 0.5) is 5.13 Å². The van der Waals surface area contributed by atoms with Crippen molar-refractivity contribution in [1.29, 1.82) is 0 Å². The zero-order valence-electron chi connectivity index (χ0n) is 18.1. The van der Waals surface area contributed by atoms with Crippen LogP contribution >= 0.6 is 34.5 Å². The van der Waals surface area contributed by atoms with Crippen LogP contribution in [0.25, 0.3) is 0 Å². The van der Waals surface area contributed by atoms with E-state index in [0.29, 0.717) is 51.1 Å². The molecule has 0 atom stereocenters. The summed E-state index contributed by atoms with van der Waals surface area (Å²) in [4.78, 5) is 15.9. The van der Waals surface area contributed by atoms with Gasteiger partial charge < -0.3 is 14.2 Å². The molecule has 3 aromatic rings. The molecule has 33 heavy (non-hydrogen) atoms. The number of hydrogen-bond acceptors (Lipinski definition) is 8. The number of halogens is 2. The molecule has 174 valence electrons. The summed E-state index contributed by atoms with van der Waals surface area (Å²) < 4.78 is 16.6. The van der Waals surface area contributed by atoms with E-state index >= 15 is 0 Å². The number of hydrogen-bond donors (Lipinski definition) is 1. The predicted octanol–water partition coefficient (Wildman–Crippen LogP) is 5.98. The standard InChI is InChI=1S/C23H23Cl2N3O4S/c1-3-30-21-10-15(8-9-20(21)32-13-17-18(24)6-5-7-19(17)25)12-26-28-23-27-16(14-33-23)11-22(29)31-4-2/h5-10,12,14H,3-4,11,13H2,1-2H3,(H,27,28). The van der Waals surface area contributed by atoms with Crippen LogP contribution in [-0.2, 0) is 22.6 Å². The van der Waals surface area contributed by atoms with Crippen LogP contribution in [0, 0.1) is 0 Å². The molecule has 10 heteroatoms. The highest BCUT2D eigenvalue weighted by atomic mass is 35.5. The molecule has 0 unspecified atom stereocenters. The van der Waals surface area contributed by atoms with Crippen LogP contribution < -0.4 is 14.9 Å². The molecule has 0 amide bonds. The lowest BCUT2D eigenvalue weighted by molar-refractivity contribution is -0.142. The van der Waals surface area contributed by atoms with Crippen molar-refractivity contribution < 1.29 is 19.0 Å². The zero-order chi connectivity index (χ0) is 23.6. The number of anilines is 1. The molecule has 3 rings (SSSR count).